The number of aromatic nitrogens is 3. The van der Waals surface area contributed by atoms with Crippen LogP contribution < -0.4 is 5.32 Å². The fourth-order valence-corrected chi connectivity index (χ4v) is 4.34. The molecule has 26 heavy (non-hydrogen) atoms. The Morgan fingerprint density at radius 1 is 1.31 bits per heavy atom. The highest BCUT2D eigenvalue weighted by Gasteiger charge is 2.25. The van der Waals surface area contributed by atoms with Gasteiger partial charge in [0, 0.05) is 16.6 Å². The highest BCUT2D eigenvalue weighted by Crippen LogP contribution is 2.37. The van der Waals surface area contributed by atoms with E-state index in [1.165, 1.54) is 11.3 Å². The predicted molar refractivity (Wildman–Crippen MR) is 109 cm³/mol. The SMILES string of the molecule is CCOSC1CCc2[nH]c3ncnc(Nc4ccc(Cl)c(Cl)c4)c3c2C1. The molecular formula is C18H18Cl2N4OS. The van der Waals surface area contributed by atoms with Crippen molar-refractivity contribution in [2.75, 3.05) is 11.9 Å². The van der Waals surface area contributed by atoms with Crippen LogP contribution in [0, 0.1) is 0 Å². The first-order chi connectivity index (χ1) is 12.7. The van der Waals surface area contributed by atoms with E-state index in [1.54, 1.807) is 30.5 Å². The molecule has 1 aliphatic rings. The van der Waals surface area contributed by atoms with Gasteiger partial charge in [0.15, 0.2) is 0 Å². The summed E-state index contributed by atoms with van der Waals surface area (Å²) in [5.41, 5.74) is 4.21. The highest BCUT2D eigenvalue weighted by atomic mass is 35.5. The lowest BCUT2D eigenvalue weighted by Crippen LogP contribution is -2.16. The van der Waals surface area contributed by atoms with Gasteiger partial charge in [0.2, 0.25) is 0 Å². The molecule has 4 rings (SSSR count). The number of aromatic amines is 1. The largest absolute Gasteiger partial charge is 0.343 e. The number of hydrogen-bond donors (Lipinski definition) is 2. The number of H-pyrrole nitrogens is 1. The maximum absolute atomic E-state index is 6.13. The molecule has 1 aliphatic carbocycles. The topological polar surface area (TPSA) is 62.8 Å². The van der Waals surface area contributed by atoms with E-state index in [4.69, 9.17) is 27.4 Å². The van der Waals surface area contributed by atoms with Gasteiger partial charge in [0.1, 0.15) is 17.8 Å². The number of fused-ring (bicyclic) bond motifs is 3. The third-order valence-electron chi connectivity index (χ3n) is 4.44. The minimum Gasteiger partial charge on any atom is -0.343 e. The van der Waals surface area contributed by atoms with Crippen molar-refractivity contribution < 1.29 is 4.18 Å². The van der Waals surface area contributed by atoms with Crippen molar-refractivity contribution in [2.24, 2.45) is 0 Å². The number of aryl methyl sites for hydroxylation is 1. The third kappa shape index (κ3) is 3.51. The minimum atomic E-state index is 0.444. The predicted octanol–water partition coefficient (Wildman–Crippen LogP) is 5.55. The van der Waals surface area contributed by atoms with Gasteiger partial charge in [-0.15, -0.1) is 0 Å². The monoisotopic (exact) mass is 408 g/mol. The summed E-state index contributed by atoms with van der Waals surface area (Å²) in [4.78, 5) is 12.3. The van der Waals surface area contributed by atoms with Crippen LogP contribution in [0.5, 0.6) is 0 Å². The Labute approximate surface area is 166 Å². The lowest BCUT2D eigenvalue weighted by atomic mass is 9.95. The molecule has 1 aromatic carbocycles. The summed E-state index contributed by atoms with van der Waals surface area (Å²) in [6.07, 6.45) is 4.58. The molecule has 136 valence electrons. The Hall–Kier alpha value is -1.47. The summed E-state index contributed by atoms with van der Waals surface area (Å²) in [6, 6.07) is 5.45. The Balaban J connectivity index is 1.70. The van der Waals surface area contributed by atoms with Gasteiger partial charge in [0.05, 0.1) is 22.0 Å². The second-order valence-corrected chi connectivity index (χ2v) is 8.06. The van der Waals surface area contributed by atoms with Crippen LogP contribution in [0.4, 0.5) is 11.5 Å². The highest BCUT2D eigenvalue weighted by molar-refractivity contribution is 7.95. The van der Waals surface area contributed by atoms with Gasteiger partial charge in [0.25, 0.3) is 0 Å². The van der Waals surface area contributed by atoms with Crippen LogP contribution in [-0.2, 0) is 17.0 Å². The van der Waals surface area contributed by atoms with E-state index in [-0.39, 0.29) is 0 Å². The van der Waals surface area contributed by atoms with E-state index >= 15 is 0 Å². The number of anilines is 2. The molecular weight excluding hydrogens is 391 g/mol. The summed E-state index contributed by atoms with van der Waals surface area (Å²) in [7, 11) is 0. The number of nitrogens with zero attached hydrogens (tertiary/aromatic N) is 2. The number of halogens is 2. The average Bonchev–Trinajstić information content (AvgIpc) is 3.02. The molecule has 3 aromatic rings. The van der Waals surface area contributed by atoms with Crippen molar-refractivity contribution >= 4 is 57.8 Å². The Morgan fingerprint density at radius 2 is 2.19 bits per heavy atom. The molecule has 2 aromatic heterocycles. The van der Waals surface area contributed by atoms with Crippen molar-refractivity contribution in [3.05, 3.63) is 45.8 Å². The summed E-state index contributed by atoms with van der Waals surface area (Å²) in [5, 5.41) is 5.87. The number of rotatable bonds is 5. The molecule has 1 atom stereocenters. The summed E-state index contributed by atoms with van der Waals surface area (Å²) in [6.45, 7) is 2.73. The second kappa shape index (κ2) is 7.64. The van der Waals surface area contributed by atoms with Crippen molar-refractivity contribution in [3.8, 4) is 0 Å². The van der Waals surface area contributed by atoms with Gasteiger partial charge in [-0.25, -0.2) is 9.97 Å². The fraction of sp³-hybridized carbons (Fsp3) is 0.333. The molecule has 0 amide bonds. The van der Waals surface area contributed by atoms with E-state index in [2.05, 4.69) is 20.3 Å². The molecule has 0 fully saturated rings. The Morgan fingerprint density at radius 3 is 3.00 bits per heavy atom. The van der Waals surface area contributed by atoms with Crippen LogP contribution in [0.3, 0.4) is 0 Å². The third-order valence-corrected chi connectivity index (χ3v) is 6.22. The van der Waals surface area contributed by atoms with Gasteiger partial charge < -0.3 is 14.5 Å². The maximum Gasteiger partial charge on any atom is 0.143 e. The summed E-state index contributed by atoms with van der Waals surface area (Å²) in [5.74, 6) is 0.771. The zero-order valence-corrected chi connectivity index (χ0v) is 16.5. The average molecular weight is 409 g/mol. The van der Waals surface area contributed by atoms with Crippen LogP contribution in [0.2, 0.25) is 10.0 Å². The second-order valence-electron chi connectivity index (χ2n) is 6.15. The van der Waals surface area contributed by atoms with Gasteiger partial charge in [-0.2, -0.15) is 0 Å². The zero-order valence-electron chi connectivity index (χ0n) is 14.2. The van der Waals surface area contributed by atoms with Gasteiger partial charge in [-0.1, -0.05) is 23.2 Å². The van der Waals surface area contributed by atoms with E-state index < -0.39 is 0 Å². The molecule has 1 unspecified atom stereocenters. The van der Waals surface area contributed by atoms with Crippen LogP contribution in [0.1, 0.15) is 24.6 Å². The first-order valence-electron chi connectivity index (χ1n) is 8.50. The molecule has 8 heteroatoms. The van der Waals surface area contributed by atoms with E-state index in [0.29, 0.717) is 15.3 Å². The lowest BCUT2D eigenvalue weighted by molar-refractivity contribution is 0.395. The van der Waals surface area contributed by atoms with E-state index in [0.717, 1.165) is 48.4 Å². The molecule has 0 saturated carbocycles. The first-order valence-corrected chi connectivity index (χ1v) is 10.1. The molecule has 2 heterocycles. The van der Waals surface area contributed by atoms with Crippen LogP contribution in [0.15, 0.2) is 24.5 Å². The van der Waals surface area contributed by atoms with E-state index in [1.807, 2.05) is 13.0 Å². The molecule has 0 spiro atoms. The van der Waals surface area contributed by atoms with Crippen LogP contribution >= 0.6 is 35.2 Å². The van der Waals surface area contributed by atoms with E-state index in [9.17, 15) is 0 Å². The van der Waals surface area contributed by atoms with Crippen molar-refractivity contribution in [3.63, 3.8) is 0 Å². The summed E-state index contributed by atoms with van der Waals surface area (Å²) < 4.78 is 5.56. The maximum atomic E-state index is 6.13. The van der Waals surface area contributed by atoms with Gasteiger partial charge in [-0.3, -0.25) is 0 Å². The van der Waals surface area contributed by atoms with Gasteiger partial charge >= 0.3 is 0 Å². The number of benzene rings is 1. The smallest absolute Gasteiger partial charge is 0.143 e. The molecule has 2 N–H and O–H groups in total. The standard InChI is InChI=1S/C18H18Cl2N4OS/c1-2-25-26-11-4-6-15-12(8-11)16-17(21-9-22-18(16)24-15)23-10-3-5-13(19)14(20)7-10/h3,5,7,9,11H,2,4,6,8H2,1H3,(H2,21,22,23,24). The minimum absolute atomic E-state index is 0.444. The molecule has 0 saturated heterocycles. The van der Waals surface area contributed by atoms with Crippen molar-refractivity contribution in [1.29, 1.82) is 0 Å². The first kappa shape index (κ1) is 17.9. The van der Waals surface area contributed by atoms with Crippen molar-refractivity contribution in [1.82, 2.24) is 15.0 Å². The Kier molecular flexibility index (Phi) is 5.27. The normalized spacial score (nSPS) is 16.7. The van der Waals surface area contributed by atoms with Crippen molar-refractivity contribution in [2.45, 2.75) is 31.4 Å². The quantitative estimate of drug-likeness (QED) is 0.541. The number of nitrogens with one attached hydrogen (secondary N) is 2. The molecule has 0 bridgehead atoms. The zero-order chi connectivity index (χ0) is 18.1. The van der Waals surface area contributed by atoms with Gasteiger partial charge in [-0.05, 0) is 62.0 Å². The molecule has 0 radical (unpaired) electrons. The summed E-state index contributed by atoms with van der Waals surface area (Å²) >= 11 is 13.7. The fourth-order valence-electron chi connectivity index (χ4n) is 3.26. The molecule has 5 nitrogen and oxygen atoms in total. The van der Waals surface area contributed by atoms with Crippen LogP contribution in [-0.4, -0.2) is 26.8 Å². The Bertz CT molecular complexity index is 946. The lowest BCUT2D eigenvalue weighted by Gasteiger charge is -2.21. The molecule has 0 aliphatic heterocycles. The number of hydrogen-bond acceptors (Lipinski definition) is 5. The van der Waals surface area contributed by atoms with Crippen LogP contribution in [0.25, 0.3) is 11.0 Å².